The van der Waals surface area contributed by atoms with E-state index < -0.39 is 4.92 Å². The van der Waals surface area contributed by atoms with Gasteiger partial charge < -0.3 is 10.6 Å². The maximum atomic E-state index is 10.7. The number of benzene rings is 2. The monoisotopic (exact) mass is 335 g/mol. The second-order valence-electron chi connectivity index (χ2n) is 4.45. The highest BCUT2D eigenvalue weighted by Gasteiger charge is 2.13. The van der Waals surface area contributed by atoms with Crippen LogP contribution in [-0.4, -0.2) is 12.0 Å². The van der Waals surface area contributed by atoms with Gasteiger partial charge in [-0.05, 0) is 23.8 Å². The SMILES string of the molecule is CN(Cc1ccccc1Br)c1ccc([N+](=O)[O-])c(N)c1. The second kappa shape index (κ2) is 5.92. The lowest BCUT2D eigenvalue weighted by molar-refractivity contribution is -0.383. The van der Waals surface area contributed by atoms with Crippen molar-refractivity contribution in [3.05, 3.63) is 62.6 Å². The summed E-state index contributed by atoms with van der Waals surface area (Å²) >= 11 is 3.50. The molecule has 0 aliphatic heterocycles. The molecule has 6 heteroatoms. The minimum atomic E-state index is -0.479. The Labute approximate surface area is 125 Å². The molecule has 0 heterocycles. The Balaban J connectivity index is 2.22. The van der Waals surface area contributed by atoms with E-state index in [2.05, 4.69) is 15.9 Å². The third-order valence-corrected chi connectivity index (χ3v) is 3.79. The summed E-state index contributed by atoms with van der Waals surface area (Å²) in [5.74, 6) is 0. The van der Waals surface area contributed by atoms with Crippen LogP contribution in [0.15, 0.2) is 46.9 Å². The van der Waals surface area contributed by atoms with E-state index in [1.165, 1.54) is 6.07 Å². The predicted octanol–water partition coefficient (Wildman–Crippen LogP) is 3.58. The molecule has 0 radical (unpaired) electrons. The van der Waals surface area contributed by atoms with Gasteiger partial charge >= 0.3 is 0 Å². The van der Waals surface area contributed by atoms with Gasteiger partial charge in [0.2, 0.25) is 0 Å². The van der Waals surface area contributed by atoms with Gasteiger partial charge in [-0.25, -0.2) is 0 Å². The Bertz CT molecular complexity index is 646. The normalized spacial score (nSPS) is 10.3. The maximum absolute atomic E-state index is 10.7. The van der Waals surface area contributed by atoms with Gasteiger partial charge in [-0.1, -0.05) is 34.1 Å². The molecule has 0 fully saturated rings. The number of nitro groups is 1. The number of nitrogens with zero attached hydrogens (tertiary/aromatic N) is 2. The van der Waals surface area contributed by atoms with Crippen molar-refractivity contribution in [1.29, 1.82) is 0 Å². The Hall–Kier alpha value is -2.08. The third-order valence-electron chi connectivity index (χ3n) is 3.01. The average Bonchev–Trinajstić information content (AvgIpc) is 2.40. The Morgan fingerprint density at radius 3 is 2.60 bits per heavy atom. The van der Waals surface area contributed by atoms with E-state index in [0.29, 0.717) is 6.54 Å². The van der Waals surface area contributed by atoms with Crippen molar-refractivity contribution in [1.82, 2.24) is 0 Å². The fourth-order valence-electron chi connectivity index (χ4n) is 1.92. The lowest BCUT2D eigenvalue weighted by atomic mass is 10.2. The highest BCUT2D eigenvalue weighted by molar-refractivity contribution is 9.10. The molecule has 0 aromatic heterocycles. The lowest BCUT2D eigenvalue weighted by Crippen LogP contribution is -2.17. The van der Waals surface area contributed by atoms with E-state index in [-0.39, 0.29) is 11.4 Å². The molecule has 0 saturated heterocycles. The van der Waals surface area contributed by atoms with E-state index in [9.17, 15) is 10.1 Å². The fraction of sp³-hybridized carbons (Fsp3) is 0.143. The Morgan fingerprint density at radius 1 is 1.30 bits per heavy atom. The standard InChI is InChI=1S/C14H14BrN3O2/c1-17(9-10-4-2-3-5-12(10)15)11-6-7-14(18(19)20)13(16)8-11/h2-8H,9,16H2,1H3. The van der Waals surface area contributed by atoms with Gasteiger partial charge in [-0.3, -0.25) is 10.1 Å². The van der Waals surface area contributed by atoms with Crippen LogP contribution in [0.2, 0.25) is 0 Å². The van der Waals surface area contributed by atoms with Gasteiger partial charge in [0.25, 0.3) is 5.69 Å². The molecule has 0 unspecified atom stereocenters. The van der Waals surface area contributed by atoms with Gasteiger partial charge in [0.05, 0.1) is 4.92 Å². The van der Waals surface area contributed by atoms with Crippen LogP contribution >= 0.6 is 15.9 Å². The van der Waals surface area contributed by atoms with Gasteiger partial charge in [-0.15, -0.1) is 0 Å². The minimum Gasteiger partial charge on any atom is -0.393 e. The first kappa shape index (κ1) is 14.3. The molecule has 0 amide bonds. The van der Waals surface area contributed by atoms with Crippen LogP contribution in [0, 0.1) is 10.1 Å². The van der Waals surface area contributed by atoms with Crippen molar-refractivity contribution >= 4 is 33.0 Å². The highest BCUT2D eigenvalue weighted by Crippen LogP contribution is 2.28. The summed E-state index contributed by atoms with van der Waals surface area (Å²) in [5.41, 5.74) is 7.78. The first-order chi connectivity index (χ1) is 9.49. The zero-order chi connectivity index (χ0) is 14.7. The van der Waals surface area contributed by atoms with Crippen molar-refractivity contribution in [2.45, 2.75) is 6.54 Å². The van der Waals surface area contributed by atoms with E-state index >= 15 is 0 Å². The van der Waals surface area contributed by atoms with Gasteiger partial charge in [0.15, 0.2) is 0 Å². The van der Waals surface area contributed by atoms with Crippen molar-refractivity contribution in [2.75, 3.05) is 17.7 Å². The molecular formula is C14H14BrN3O2. The van der Waals surface area contributed by atoms with Crippen molar-refractivity contribution in [3.8, 4) is 0 Å². The zero-order valence-corrected chi connectivity index (χ0v) is 12.5. The number of anilines is 2. The molecule has 0 aliphatic carbocycles. The van der Waals surface area contributed by atoms with Gasteiger partial charge in [0, 0.05) is 29.8 Å². The smallest absolute Gasteiger partial charge is 0.292 e. The quantitative estimate of drug-likeness (QED) is 0.526. The summed E-state index contributed by atoms with van der Waals surface area (Å²) in [6, 6.07) is 12.7. The van der Waals surface area contributed by atoms with Crippen LogP contribution < -0.4 is 10.6 Å². The number of nitrogen functional groups attached to an aromatic ring is 1. The molecule has 2 aromatic rings. The molecule has 20 heavy (non-hydrogen) atoms. The molecule has 2 rings (SSSR count). The topological polar surface area (TPSA) is 72.4 Å². The largest absolute Gasteiger partial charge is 0.393 e. The molecule has 5 nitrogen and oxygen atoms in total. The molecule has 104 valence electrons. The molecule has 2 aromatic carbocycles. The number of hydrogen-bond acceptors (Lipinski definition) is 4. The molecule has 0 aliphatic rings. The molecule has 0 atom stereocenters. The fourth-order valence-corrected chi connectivity index (χ4v) is 2.33. The maximum Gasteiger partial charge on any atom is 0.292 e. The number of nitrogens with two attached hydrogens (primary N) is 1. The van der Waals surface area contributed by atoms with Gasteiger partial charge in [-0.2, -0.15) is 0 Å². The van der Waals surface area contributed by atoms with E-state index in [0.717, 1.165) is 15.7 Å². The summed E-state index contributed by atoms with van der Waals surface area (Å²) in [7, 11) is 1.92. The number of nitro benzene ring substituents is 1. The third kappa shape index (κ3) is 3.08. The van der Waals surface area contributed by atoms with E-state index in [1.807, 2.05) is 36.2 Å². The second-order valence-corrected chi connectivity index (χ2v) is 5.30. The van der Waals surface area contributed by atoms with E-state index in [1.54, 1.807) is 12.1 Å². The predicted molar refractivity (Wildman–Crippen MR) is 83.8 cm³/mol. The minimum absolute atomic E-state index is 0.0666. The van der Waals surface area contributed by atoms with E-state index in [4.69, 9.17) is 5.73 Å². The molecule has 0 bridgehead atoms. The number of halogens is 1. The van der Waals surface area contributed by atoms with Crippen molar-refractivity contribution in [2.24, 2.45) is 0 Å². The average molecular weight is 336 g/mol. The summed E-state index contributed by atoms with van der Waals surface area (Å²) in [6.45, 7) is 0.679. The van der Waals surface area contributed by atoms with Gasteiger partial charge in [0.1, 0.15) is 5.69 Å². The number of rotatable bonds is 4. The van der Waals surface area contributed by atoms with Crippen molar-refractivity contribution in [3.63, 3.8) is 0 Å². The van der Waals surface area contributed by atoms with Crippen LogP contribution in [0.3, 0.4) is 0 Å². The van der Waals surface area contributed by atoms with Crippen LogP contribution in [0.1, 0.15) is 5.56 Å². The Morgan fingerprint density at radius 2 is 2.00 bits per heavy atom. The highest BCUT2D eigenvalue weighted by atomic mass is 79.9. The molecule has 0 saturated carbocycles. The van der Waals surface area contributed by atoms with Crippen LogP contribution in [0.5, 0.6) is 0 Å². The number of hydrogen-bond donors (Lipinski definition) is 1. The van der Waals surface area contributed by atoms with Crippen molar-refractivity contribution < 1.29 is 4.92 Å². The first-order valence-electron chi connectivity index (χ1n) is 5.97. The zero-order valence-electron chi connectivity index (χ0n) is 10.9. The Kier molecular flexibility index (Phi) is 4.24. The van der Waals surface area contributed by atoms with Crippen LogP contribution in [0.4, 0.5) is 17.1 Å². The molecule has 2 N–H and O–H groups in total. The summed E-state index contributed by atoms with van der Waals surface area (Å²) in [6.07, 6.45) is 0. The summed E-state index contributed by atoms with van der Waals surface area (Å²) in [4.78, 5) is 12.3. The summed E-state index contributed by atoms with van der Waals surface area (Å²) in [5, 5.41) is 10.7. The van der Waals surface area contributed by atoms with Crippen LogP contribution in [0.25, 0.3) is 0 Å². The lowest BCUT2D eigenvalue weighted by Gasteiger charge is -2.20. The first-order valence-corrected chi connectivity index (χ1v) is 6.77. The summed E-state index contributed by atoms with van der Waals surface area (Å²) < 4.78 is 1.03. The van der Waals surface area contributed by atoms with Crippen LogP contribution in [-0.2, 0) is 6.54 Å². The molecular weight excluding hydrogens is 322 g/mol. The molecule has 0 spiro atoms.